The number of hydrogen-bond donors (Lipinski definition) is 1. The van der Waals surface area contributed by atoms with Crippen LogP contribution in [0.1, 0.15) is 5.56 Å². The third-order valence-corrected chi connectivity index (χ3v) is 2.40. The number of para-hydroxylation sites is 2. The number of anilines is 1. The molecule has 18 heavy (non-hydrogen) atoms. The zero-order chi connectivity index (χ0) is 12.8. The summed E-state index contributed by atoms with van der Waals surface area (Å²) < 4.78 is 18.5. The van der Waals surface area contributed by atoms with E-state index >= 15 is 0 Å². The van der Waals surface area contributed by atoms with Crippen molar-refractivity contribution in [3.8, 4) is 5.75 Å². The average molecular weight is 244 g/mol. The number of halogens is 1. The van der Waals surface area contributed by atoms with Crippen molar-refractivity contribution in [1.29, 1.82) is 0 Å². The van der Waals surface area contributed by atoms with Crippen LogP contribution < -0.4 is 10.2 Å². The van der Waals surface area contributed by atoms with Crippen molar-refractivity contribution in [1.82, 2.24) is 0 Å². The number of rotatable bonds is 4. The maximum atomic E-state index is 13.3. The first kappa shape index (κ1) is 12.1. The molecule has 0 fully saturated rings. The molecule has 0 amide bonds. The van der Waals surface area contributed by atoms with Crippen molar-refractivity contribution >= 4 is 11.9 Å². The SMILES string of the molecule is COc1ccccc1N/N=C/c1ccccc1F. The van der Waals surface area contributed by atoms with Gasteiger partial charge in [-0.2, -0.15) is 5.10 Å². The van der Waals surface area contributed by atoms with Gasteiger partial charge in [0.05, 0.1) is 19.0 Å². The van der Waals surface area contributed by atoms with Gasteiger partial charge in [0.15, 0.2) is 0 Å². The van der Waals surface area contributed by atoms with E-state index in [-0.39, 0.29) is 5.82 Å². The van der Waals surface area contributed by atoms with Gasteiger partial charge in [0, 0.05) is 5.56 Å². The van der Waals surface area contributed by atoms with Gasteiger partial charge in [-0.05, 0) is 18.2 Å². The van der Waals surface area contributed by atoms with Crippen molar-refractivity contribution < 1.29 is 9.13 Å². The highest BCUT2D eigenvalue weighted by molar-refractivity contribution is 5.80. The van der Waals surface area contributed by atoms with Gasteiger partial charge in [0.25, 0.3) is 0 Å². The molecule has 2 rings (SSSR count). The van der Waals surface area contributed by atoms with E-state index in [9.17, 15) is 4.39 Å². The monoisotopic (exact) mass is 244 g/mol. The number of benzene rings is 2. The van der Waals surface area contributed by atoms with Crippen LogP contribution in [0.3, 0.4) is 0 Å². The zero-order valence-corrected chi connectivity index (χ0v) is 9.93. The minimum Gasteiger partial charge on any atom is -0.495 e. The molecule has 0 aliphatic heterocycles. The van der Waals surface area contributed by atoms with Crippen LogP contribution in [0.5, 0.6) is 5.75 Å². The second kappa shape index (κ2) is 5.82. The molecule has 92 valence electrons. The second-order valence-corrected chi connectivity index (χ2v) is 3.59. The summed E-state index contributed by atoms with van der Waals surface area (Å²) in [7, 11) is 1.58. The summed E-state index contributed by atoms with van der Waals surface area (Å²) >= 11 is 0. The molecule has 0 aliphatic rings. The summed E-state index contributed by atoms with van der Waals surface area (Å²) in [5.74, 6) is 0.381. The zero-order valence-electron chi connectivity index (χ0n) is 9.93. The smallest absolute Gasteiger partial charge is 0.143 e. The number of hydrazone groups is 1. The van der Waals surface area contributed by atoms with Gasteiger partial charge in [-0.1, -0.05) is 30.3 Å². The Morgan fingerprint density at radius 1 is 1.11 bits per heavy atom. The van der Waals surface area contributed by atoms with Crippen molar-refractivity contribution in [2.45, 2.75) is 0 Å². The van der Waals surface area contributed by atoms with Crippen LogP contribution in [0.4, 0.5) is 10.1 Å². The Balaban J connectivity index is 2.10. The largest absolute Gasteiger partial charge is 0.495 e. The van der Waals surface area contributed by atoms with Gasteiger partial charge < -0.3 is 4.74 Å². The molecule has 2 aromatic rings. The number of hydrogen-bond acceptors (Lipinski definition) is 3. The molecule has 0 saturated carbocycles. The van der Waals surface area contributed by atoms with E-state index in [0.717, 1.165) is 5.69 Å². The Bertz CT molecular complexity index is 555. The lowest BCUT2D eigenvalue weighted by atomic mass is 10.2. The maximum absolute atomic E-state index is 13.3. The molecule has 2 aromatic carbocycles. The van der Waals surface area contributed by atoms with Crippen molar-refractivity contribution in [2.75, 3.05) is 12.5 Å². The number of ether oxygens (including phenoxy) is 1. The highest BCUT2D eigenvalue weighted by atomic mass is 19.1. The number of nitrogens with one attached hydrogen (secondary N) is 1. The number of nitrogens with zero attached hydrogens (tertiary/aromatic N) is 1. The highest BCUT2D eigenvalue weighted by Crippen LogP contribution is 2.22. The van der Waals surface area contributed by atoms with E-state index in [1.807, 2.05) is 24.3 Å². The molecule has 0 bridgehead atoms. The predicted molar refractivity (Wildman–Crippen MR) is 70.6 cm³/mol. The van der Waals surface area contributed by atoms with Gasteiger partial charge >= 0.3 is 0 Å². The molecule has 0 unspecified atom stereocenters. The first-order valence-corrected chi connectivity index (χ1v) is 5.48. The molecule has 0 heterocycles. The summed E-state index contributed by atoms with van der Waals surface area (Å²) in [6.45, 7) is 0. The summed E-state index contributed by atoms with van der Waals surface area (Å²) in [6.07, 6.45) is 1.43. The second-order valence-electron chi connectivity index (χ2n) is 3.59. The van der Waals surface area contributed by atoms with E-state index in [1.54, 1.807) is 25.3 Å². The summed E-state index contributed by atoms with van der Waals surface area (Å²) in [4.78, 5) is 0. The molecule has 0 spiro atoms. The Morgan fingerprint density at radius 2 is 1.83 bits per heavy atom. The lowest BCUT2D eigenvalue weighted by Crippen LogP contribution is -1.95. The molecule has 1 N–H and O–H groups in total. The van der Waals surface area contributed by atoms with E-state index in [0.29, 0.717) is 11.3 Å². The van der Waals surface area contributed by atoms with Crippen LogP contribution in [-0.2, 0) is 0 Å². The summed E-state index contributed by atoms with van der Waals surface area (Å²) in [5.41, 5.74) is 3.98. The molecule has 0 saturated heterocycles. The van der Waals surface area contributed by atoms with Crippen LogP contribution in [0.2, 0.25) is 0 Å². The first-order chi connectivity index (χ1) is 8.81. The van der Waals surface area contributed by atoms with Gasteiger partial charge in [0.2, 0.25) is 0 Å². The normalized spacial score (nSPS) is 10.6. The standard InChI is InChI=1S/C14H13FN2O/c1-18-14-9-5-4-8-13(14)17-16-10-11-6-2-3-7-12(11)15/h2-10,17H,1H3/b16-10+. The number of methoxy groups -OCH3 is 1. The maximum Gasteiger partial charge on any atom is 0.143 e. The van der Waals surface area contributed by atoms with Crippen molar-refractivity contribution in [3.05, 3.63) is 59.9 Å². The molecule has 0 radical (unpaired) electrons. The van der Waals surface area contributed by atoms with E-state index < -0.39 is 0 Å². The van der Waals surface area contributed by atoms with Gasteiger partial charge in [-0.15, -0.1) is 0 Å². The Labute approximate surface area is 105 Å². The molecular formula is C14H13FN2O. The van der Waals surface area contributed by atoms with Crippen LogP contribution in [0.25, 0.3) is 0 Å². The Hall–Kier alpha value is -2.36. The van der Waals surface area contributed by atoms with E-state index in [1.165, 1.54) is 12.3 Å². The summed E-state index contributed by atoms with van der Waals surface area (Å²) in [5, 5.41) is 3.99. The third-order valence-electron chi connectivity index (χ3n) is 2.40. The Kier molecular flexibility index (Phi) is 3.91. The summed E-state index contributed by atoms with van der Waals surface area (Å²) in [6, 6.07) is 13.8. The van der Waals surface area contributed by atoms with Crippen LogP contribution in [-0.4, -0.2) is 13.3 Å². The fraction of sp³-hybridized carbons (Fsp3) is 0.0714. The van der Waals surface area contributed by atoms with Crippen molar-refractivity contribution in [3.63, 3.8) is 0 Å². The molecule has 4 heteroatoms. The molecule has 0 aromatic heterocycles. The van der Waals surface area contributed by atoms with E-state index in [2.05, 4.69) is 10.5 Å². The molecular weight excluding hydrogens is 231 g/mol. The highest BCUT2D eigenvalue weighted by Gasteiger charge is 1.99. The Morgan fingerprint density at radius 3 is 2.61 bits per heavy atom. The van der Waals surface area contributed by atoms with Gasteiger partial charge in [-0.25, -0.2) is 4.39 Å². The lowest BCUT2D eigenvalue weighted by Gasteiger charge is -2.06. The predicted octanol–water partition coefficient (Wildman–Crippen LogP) is 3.28. The van der Waals surface area contributed by atoms with Gasteiger partial charge in [-0.3, -0.25) is 5.43 Å². The molecule has 0 atom stereocenters. The van der Waals surface area contributed by atoms with E-state index in [4.69, 9.17) is 4.74 Å². The third kappa shape index (κ3) is 2.85. The fourth-order valence-electron chi connectivity index (χ4n) is 1.49. The van der Waals surface area contributed by atoms with Crippen LogP contribution in [0, 0.1) is 5.82 Å². The average Bonchev–Trinajstić information content (AvgIpc) is 2.41. The van der Waals surface area contributed by atoms with Crippen LogP contribution >= 0.6 is 0 Å². The first-order valence-electron chi connectivity index (χ1n) is 5.48. The van der Waals surface area contributed by atoms with Crippen LogP contribution in [0.15, 0.2) is 53.6 Å². The lowest BCUT2D eigenvalue weighted by molar-refractivity contribution is 0.416. The molecule has 0 aliphatic carbocycles. The fourth-order valence-corrected chi connectivity index (χ4v) is 1.49. The van der Waals surface area contributed by atoms with Crippen molar-refractivity contribution in [2.24, 2.45) is 5.10 Å². The molecule has 3 nitrogen and oxygen atoms in total. The van der Waals surface area contributed by atoms with Gasteiger partial charge in [0.1, 0.15) is 11.6 Å². The minimum absolute atomic E-state index is 0.303. The topological polar surface area (TPSA) is 33.6 Å². The quantitative estimate of drug-likeness (QED) is 0.661. The minimum atomic E-state index is -0.303.